The van der Waals surface area contributed by atoms with E-state index in [1.807, 2.05) is 26.8 Å². The first-order chi connectivity index (χ1) is 9.73. The van der Waals surface area contributed by atoms with Gasteiger partial charge in [-0.2, -0.15) is 22.0 Å². The molecule has 0 aliphatic rings. The van der Waals surface area contributed by atoms with E-state index >= 15 is 0 Å². The number of ether oxygens (including phenoxy) is 1. The largest absolute Gasteiger partial charge is 0.453 e. The van der Waals surface area contributed by atoms with Gasteiger partial charge in [0, 0.05) is 7.11 Å². The molecule has 0 bridgehead atoms. The molecule has 0 amide bonds. The fourth-order valence-electron chi connectivity index (χ4n) is 2.13. The predicted octanol–water partition coefficient (Wildman–Crippen LogP) is 5.43. The van der Waals surface area contributed by atoms with Crippen LogP contribution in [-0.4, -0.2) is 19.2 Å². The Balaban J connectivity index is 3.25. The van der Waals surface area contributed by atoms with Crippen LogP contribution in [0, 0.1) is 0 Å². The Bertz CT molecular complexity index is 516. The Morgan fingerprint density at radius 3 is 1.82 bits per heavy atom. The van der Waals surface area contributed by atoms with Crippen LogP contribution in [0.2, 0.25) is 0 Å². The lowest BCUT2D eigenvalue weighted by Crippen LogP contribution is -2.43. The third-order valence-corrected chi connectivity index (χ3v) is 3.76. The molecule has 0 saturated heterocycles. The molecule has 1 aromatic carbocycles. The SMILES string of the molecule is COC(C)(CC(F)(F)C(F)(F)F)c1cccc(C(C)(C)C)c1. The molecule has 0 radical (unpaired) electrons. The Labute approximate surface area is 127 Å². The van der Waals surface area contributed by atoms with Gasteiger partial charge in [0.2, 0.25) is 0 Å². The molecule has 1 atom stereocenters. The molecule has 1 aromatic rings. The van der Waals surface area contributed by atoms with Crippen LogP contribution in [0.15, 0.2) is 24.3 Å². The summed E-state index contributed by atoms with van der Waals surface area (Å²) in [5.74, 6) is -4.82. The van der Waals surface area contributed by atoms with Gasteiger partial charge in [-0.3, -0.25) is 0 Å². The monoisotopic (exact) mass is 324 g/mol. The van der Waals surface area contributed by atoms with Gasteiger partial charge in [-0.25, -0.2) is 0 Å². The van der Waals surface area contributed by atoms with E-state index < -0.39 is 24.1 Å². The minimum atomic E-state index is -5.60. The van der Waals surface area contributed by atoms with Crippen LogP contribution in [0.3, 0.4) is 0 Å². The highest BCUT2D eigenvalue weighted by Crippen LogP contribution is 2.45. The third kappa shape index (κ3) is 3.97. The maximum absolute atomic E-state index is 13.4. The van der Waals surface area contributed by atoms with Crippen LogP contribution < -0.4 is 0 Å². The van der Waals surface area contributed by atoms with Crippen LogP contribution in [0.4, 0.5) is 22.0 Å². The molecule has 0 aromatic heterocycles. The van der Waals surface area contributed by atoms with Gasteiger partial charge >= 0.3 is 12.1 Å². The van der Waals surface area contributed by atoms with E-state index in [0.29, 0.717) is 5.56 Å². The van der Waals surface area contributed by atoms with Crippen molar-refractivity contribution >= 4 is 0 Å². The first-order valence-electron chi connectivity index (χ1n) is 6.84. The summed E-state index contributed by atoms with van der Waals surface area (Å²) in [7, 11) is 1.14. The second kappa shape index (κ2) is 5.80. The van der Waals surface area contributed by atoms with Crippen LogP contribution in [0.5, 0.6) is 0 Å². The van der Waals surface area contributed by atoms with Crippen molar-refractivity contribution in [1.82, 2.24) is 0 Å². The summed E-state index contributed by atoms with van der Waals surface area (Å²) in [4.78, 5) is 0. The van der Waals surface area contributed by atoms with Crippen molar-refractivity contribution < 1.29 is 26.7 Å². The fraction of sp³-hybridized carbons (Fsp3) is 0.625. The molecule has 0 spiro atoms. The highest BCUT2D eigenvalue weighted by molar-refractivity contribution is 5.32. The summed E-state index contributed by atoms with van der Waals surface area (Å²) in [6, 6.07) is 6.57. The highest BCUT2D eigenvalue weighted by atomic mass is 19.4. The molecule has 126 valence electrons. The Morgan fingerprint density at radius 2 is 1.41 bits per heavy atom. The fourth-order valence-corrected chi connectivity index (χ4v) is 2.13. The number of hydrogen-bond acceptors (Lipinski definition) is 1. The maximum atomic E-state index is 13.4. The molecule has 6 heteroatoms. The summed E-state index contributed by atoms with van der Waals surface area (Å²) >= 11 is 0. The van der Waals surface area contributed by atoms with E-state index in [4.69, 9.17) is 4.74 Å². The number of halogens is 5. The second-order valence-electron chi connectivity index (χ2n) is 6.64. The first kappa shape index (κ1) is 18.9. The van der Waals surface area contributed by atoms with Gasteiger partial charge < -0.3 is 4.74 Å². The van der Waals surface area contributed by atoms with Crippen LogP contribution in [-0.2, 0) is 15.8 Å². The van der Waals surface area contributed by atoms with E-state index in [1.165, 1.54) is 13.0 Å². The van der Waals surface area contributed by atoms with Crippen molar-refractivity contribution in [1.29, 1.82) is 0 Å². The Kier molecular flexibility index (Phi) is 4.97. The van der Waals surface area contributed by atoms with E-state index in [9.17, 15) is 22.0 Å². The maximum Gasteiger partial charge on any atom is 0.453 e. The number of rotatable bonds is 4. The van der Waals surface area contributed by atoms with Crippen molar-refractivity contribution in [2.45, 2.75) is 57.2 Å². The molecular weight excluding hydrogens is 303 g/mol. The minimum Gasteiger partial charge on any atom is -0.374 e. The van der Waals surface area contributed by atoms with Crippen LogP contribution >= 0.6 is 0 Å². The molecule has 0 aliphatic heterocycles. The van der Waals surface area contributed by atoms with Crippen LogP contribution in [0.1, 0.15) is 45.2 Å². The average molecular weight is 324 g/mol. The Morgan fingerprint density at radius 1 is 0.909 bits per heavy atom. The van der Waals surface area contributed by atoms with Crippen molar-refractivity contribution in [2.75, 3.05) is 7.11 Å². The van der Waals surface area contributed by atoms with Gasteiger partial charge in [0.25, 0.3) is 0 Å². The van der Waals surface area contributed by atoms with Gasteiger partial charge in [0.1, 0.15) is 0 Å². The first-order valence-corrected chi connectivity index (χ1v) is 6.84. The topological polar surface area (TPSA) is 9.23 Å². The summed E-state index contributed by atoms with van der Waals surface area (Å²) in [6.07, 6.45) is -7.07. The molecule has 0 aliphatic carbocycles. The molecule has 0 N–H and O–H groups in total. The zero-order valence-electron chi connectivity index (χ0n) is 13.3. The third-order valence-electron chi connectivity index (χ3n) is 3.76. The quantitative estimate of drug-likeness (QED) is 0.671. The van der Waals surface area contributed by atoms with E-state index in [2.05, 4.69) is 0 Å². The second-order valence-corrected chi connectivity index (χ2v) is 6.64. The summed E-state index contributed by atoms with van der Waals surface area (Å²) in [5, 5.41) is 0. The van der Waals surface area contributed by atoms with Crippen LogP contribution in [0.25, 0.3) is 0 Å². The molecule has 0 heterocycles. The van der Waals surface area contributed by atoms with Crippen molar-refractivity contribution in [3.05, 3.63) is 35.4 Å². The molecule has 1 unspecified atom stereocenters. The summed E-state index contributed by atoms with van der Waals surface area (Å²) in [5.41, 5.74) is -0.854. The molecule has 1 nitrogen and oxygen atoms in total. The van der Waals surface area contributed by atoms with Gasteiger partial charge in [0.05, 0.1) is 12.0 Å². The average Bonchev–Trinajstić information content (AvgIpc) is 2.36. The van der Waals surface area contributed by atoms with E-state index in [-0.39, 0.29) is 5.41 Å². The standard InChI is InChI=1S/C16H21F5O/c1-13(2,3)11-7-6-8-12(9-11)14(4,22-5)10-15(17,18)16(19,20)21/h6-9H,10H2,1-5H3. The van der Waals surface area contributed by atoms with Gasteiger partial charge in [0.15, 0.2) is 0 Å². The normalized spacial score (nSPS) is 16.5. The highest BCUT2D eigenvalue weighted by Gasteiger charge is 2.60. The van der Waals surface area contributed by atoms with Crippen molar-refractivity contribution in [3.8, 4) is 0 Å². The smallest absolute Gasteiger partial charge is 0.374 e. The van der Waals surface area contributed by atoms with Gasteiger partial charge in [-0.05, 0) is 23.5 Å². The molecular formula is C16H21F5O. The number of hydrogen-bond donors (Lipinski definition) is 0. The molecule has 0 fully saturated rings. The molecule has 1 rings (SSSR count). The van der Waals surface area contributed by atoms with E-state index in [1.54, 1.807) is 12.1 Å². The lowest BCUT2D eigenvalue weighted by molar-refractivity contribution is -0.298. The van der Waals surface area contributed by atoms with Gasteiger partial charge in [-0.15, -0.1) is 0 Å². The number of alkyl halides is 5. The van der Waals surface area contributed by atoms with Crippen molar-refractivity contribution in [3.63, 3.8) is 0 Å². The molecule has 0 saturated carbocycles. The lowest BCUT2D eigenvalue weighted by atomic mass is 9.82. The Hall–Kier alpha value is -1.17. The lowest BCUT2D eigenvalue weighted by Gasteiger charge is -2.34. The van der Waals surface area contributed by atoms with E-state index in [0.717, 1.165) is 12.7 Å². The summed E-state index contributed by atoms with van der Waals surface area (Å²) in [6.45, 7) is 7.04. The number of benzene rings is 1. The minimum absolute atomic E-state index is 0.253. The van der Waals surface area contributed by atoms with Gasteiger partial charge in [-0.1, -0.05) is 45.0 Å². The zero-order chi connectivity index (χ0) is 17.4. The zero-order valence-corrected chi connectivity index (χ0v) is 13.3. The predicted molar refractivity (Wildman–Crippen MR) is 75.1 cm³/mol. The molecule has 22 heavy (non-hydrogen) atoms. The number of methoxy groups -OCH3 is 1. The van der Waals surface area contributed by atoms with Crippen molar-refractivity contribution in [2.24, 2.45) is 0 Å². The summed E-state index contributed by atoms with van der Waals surface area (Å²) < 4.78 is 69.3.